The number of carbonyl (C=O) groups excluding carboxylic acids is 1. The number of hydrogen-bond donors (Lipinski definition) is 3. The second-order valence-corrected chi connectivity index (χ2v) is 5.87. The number of amides is 1. The summed E-state index contributed by atoms with van der Waals surface area (Å²) in [6, 6.07) is -0.223. The Balaban J connectivity index is 1.72. The second-order valence-electron chi connectivity index (χ2n) is 5.87. The van der Waals surface area contributed by atoms with Crippen LogP contribution in [0.25, 0.3) is 0 Å². The molecule has 0 aromatic heterocycles. The van der Waals surface area contributed by atoms with Crippen molar-refractivity contribution in [2.45, 2.75) is 51.2 Å². The molecule has 0 radical (unpaired) electrons. The highest BCUT2D eigenvalue weighted by Gasteiger charge is 2.37. The van der Waals surface area contributed by atoms with E-state index in [4.69, 9.17) is 4.74 Å². The van der Waals surface area contributed by atoms with Crippen LogP contribution in [0.4, 0.5) is 0 Å². The average molecular weight is 270 g/mol. The fourth-order valence-corrected chi connectivity index (χ4v) is 2.94. The molecule has 2 unspecified atom stereocenters. The van der Waals surface area contributed by atoms with Gasteiger partial charge in [0.05, 0.1) is 12.1 Å². The first-order chi connectivity index (χ1) is 9.15. The fourth-order valence-electron chi connectivity index (χ4n) is 2.94. The third-order valence-corrected chi connectivity index (χ3v) is 4.46. The van der Waals surface area contributed by atoms with Crippen molar-refractivity contribution in [3.63, 3.8) is 0 Å². The van der Waals surface area contributed by atoms with Crippen LogP contribution in [0.2, 0.25) is 0 Å². The molecule has 110 valence electrons. The van der Waals surface area contributed by atoms with Gasteiger partial charge in [-0.15, -0.1) is 0 Å². The Labute approximate surface area is 115 Å². The lowest BCUT2D eigenvalue weighted by Gasteiger charge is -2.42. The van der Waals surface area contributed by atoms with Gasteiger partial charge in [0.1, 0.15) is 0 Å². The van der Waals surface area contributed by atoms with Gasteiger partial charge in [0, 0.05) is 26.3 Å². The molecule has 1 aliphatic carbocycles. The summed E-state index contributed by atoms with van der Waals surface area (Å²) in [4.78, 5) is 12.0. The largest absolute Gasteiger partial charge is 0.392 e. The van der Waals surface area contributed by atoms with E-state index in [1.165, 1.54) is 19.3 Å². The van der Waals surface area contributed by atoms with E-state index in [-0.39, 0.29) is 23.5 Å². The van der Waals surface area contributed by atoms with Crippen molar-refractivity contribution in [3.8, 4) is 0 Å². The Morgan fingerprint density at radius 1 is 1.53 bits per heavy atom. The molecule has 2 fully saturated rings. The quantitative estimate of drug-likeness (QED) is 0.587. The molecule has 1 amide bonds. The summed E-state index contributed by atoms with van der Waals surface area (Å²) in [5.74, 6) is 0.0271. The maximum Gasteiger partial charge on any atom is 0.237 e. The molecular formula is C14H26N2O3. The summed E-state index contributed by atoms with van der Waals surface area (Å²) < 4.78 is 5.43. The lowest BCUT2D eigenvalue weighted by Crippen LogP contribution is -2.47. The molecule has 5 nitrogen and oxygen atoms in total. The Kier molecular flexibility index (Phi) is 5.19. The van der Waals surface area contributed by atoms with Crippen LogP contribution in [-0.2, 0) is 9.53 Å². The Morgan fingerprint density at radius 2 is 2.32 bits per heavy atom. The number of carbonyl (C=O) groups is 1. The third kappa shape index (κ3) is 3.91. The Bertz CT molecular complexity index is 305. The molecule has 2 rings (SSSR count). The maximum atomic E-state index is 12.0. The Morgan fingerprint density at radius 3 is 2.84 bits per heavy atom. The van der Waals surface area contributed by atoms with Crippen molar-refractivity contribution in [1.82, 2.24) is 10.6 Å². The summed E-state index contributed by atoms with van der Waals surface area (Å²) in [7, 11) is 0. The predicted molar refractivity (Wildman–Crippen MR) is 72.8 cm³/mol. The van der Waals surface area contributed by atoms with E-state index in [0.717, 1.165) is 26.2 Å². The van der Waals surface area contributed by atoms with E-state index in [1.807, 2.05) is 6.92 Å². The normalized spacial score (nSPS) is 28.9. The zero-order valence-corrected chi connectivity index (χ0v) is 11.8. The standard InChI is InChI=1S/C14H26N2O3/c1-2-19-7-6-14(4-3-5-14)10-16-13(18)12-8-11(17)9-15-12/h11-12,15,17H,2-10H2,1H3,(H,16,18). The summed E-state index contributed by atoms with van der Waals surface area (Å²) in [6.45, 7) is 4.81. The maximum absolute atomic E-state index is 12.0. The van der Waals surface area contributed by atoms with Gasteiger partial charge in [-0.3, -0.25) is 4.79 Å². The smallest absolute Gasteiger partial charge is 0.237 e. The average Bonchev–Trinajstić information content (AvgIpc) is 2.78. The van der Waals surface area contributed by atoms with Crippen molar-refractivity contribution in [3.05, 3.63) is 0 Å². The van der Waals surface area contributed by atoms with Crippen molar-refractivity contribution in [1.29, 1.82) is 0 Å². The van der Waals surface area contributed by atoms with Gasteiger partial charge in [-0.2, -0.15) is 0 Å². The summed E-state index contributed by atoms with van der Waals surface area (Å²) in [6.07, 6.45) is 4.79. The molecule has 0 bridgehead atoms. The number of aliphatic hydroxyl groups excluding tert-OH is 1. The van der Waals surface area contributed by atoms with Crippen LogP contribution >= 0.6 is 0 Å². The minimum Gasteiger partial charge on any atom is -0.392 e. The molecule has 0 aromatic carbocycles. The zero-order valence-electron chi connectivity index (χ0n) is 11.8. The molecule has 0 aromatic rings. The van der Waals surface area contributed by atoms with Crippen molar-refractivity contribution < 1.29 is 14.6 Å². The highest BCUT2D eigenvalue weighted by molar-refractivity contribution is 5.82. The molecule has 2 atom stereocenters. The van der Waals surface area contributed by atoms with Gasteiger partial charge < -0.3 is 20.5 Å². The van der Waals surface area contributed by atoms with Crippen LogP contribution in [0, 0.1) is 5.41 Å². The van der Waals surface area contributed by atoms with Crippen molar-refractivity contribution in [2.24, 2.45) is 5.41 Å². The predicted octanol–water partition coefficient (Wildman–Crippen LogP) is 0.422. The van der Waals surface area contributed by atoms with E-state index < -0.39 is 0 Å². The minimum absolute atomic E-state index is 0.0271. The zero-order chi connectivity index (χ0) is 13.7. The summed E-state index contributed by atoms with van der Waals surface area (Å²) in [5.41, 5.74) is 0.252. The number of ether oxygens (including phenoxy) is 1. The molecule has 1 saturated heterocycles. The van der Waals surface area contributed by atoms with Crippen LogP contribution in [-0.4, -0.2) is 49.5 Å². The van der Waals surface area contributed by atoms with Gasteiger partial charge in [0.2, 0.25) is 5.91 Å². The van der Waals surface area contributed by atoms with Crippen molar-refractivity contribution >= 4 is 5.91 Å². The van der Waals surface area contributed by atoms with Crippen LogP contribution in [0.1, 0.15) is 39.0 Å². The lowest BCUT2D eigenvalue weighted by atomic mass is 9.66. The molecule has 5 heteroatoms. The summed E-state index contributed by atoms with van der Waals surface area (Å²) >= 11 is 0. The highest BCUT2D eigenvalue weighted by atomic mass is 16.5. The molecule has 19 heavy (non-hydrogen) atoms. The molecule has 0 spiro atoms. The van der Waals surface area contributed by atoms with Gasteiger partial charge in [-0.05, 0) is 38.0 Å². The number of aliphatic hydroxyl groups is 1. The topological polar surface area (TPSA) is 70.6 Å². The highest BCUT2D eigenvalue weighted by Crippen LogP contribution is 2.43. The van der Waals surface area contributed by atoms with Crippen LogP contribution in [0.3, 0.4) is 0 Å². The van der Waals surface area contributed by atoms with E-state index in [2.05, 4.69) is 10.6 Å². The number of hydrogen-bond acceptors (Lipinski definition) is 4. The molecule has 2 aliphatic rings. The molecule has 1 saturated carbocycles. The van der Waals surface area contributed by atoms with Gasteiger partial charge in [-0.1, -0.05) is 6.42 Å². The monoisotopic (exact) mass is 270 g/mol. The van der Waals surface area contributed by atoms with Crippen LogP contribution < -0.4 is 10.6 Å². The van der Waals surface area contributed by atoms with Crippen LogP contribution in [0.15, 0.2) is 0 Å². The van der Waals surface area contributed by atoms with Gasteiger partial charge in [0.25, 0.3) is 0 Å². The van der Waals surface area contributed by atoms with E-state index in [9.17, 15) is 9.90 Å². The lowest BCUT2D eigenvalue weighted by molar-refractivity contribution is -0.124. The van der Waals surface area contributed by atoms with E-state index in [1.54, 1.807) is 0 Å². The first kappa shape index (κ1) is 14.8. The number of nitrogens with one attached hydrogen (secondary N) is 2. The SMILES string of the molecule is CCOCCC1(CNC(=O)C2CC(O)CN2)CCC1. The van der Waals surface area contributed by atoms with Crippen molar-refractivity contribution in [2.75, 3.05) is 26.3 Å². The van der Waals surface area contributed by atoms with E-state index in [0.29, 0.717) is 13.0 Å². The molecule has 1 heterocycles. The second kappa shape index (κ2) is 6.68. The fraction of sp³-hybridized carbons (Fsp3) is 0.929. The first-order valence-electron chi connectivity index (χ1n) is 7.42. The van der Waals surface area contributed by atoms with Gasteiger partial charge in [0.15, 0.2) is 0 Å². The summed E-state index contributed by atoms with van der Waals surface area (Å²) in [5, 5.41) is 15.5. The molecular weight excluding hydrogens is 244 g/mol. The number of β-amino-alcohol motifs (C(OH)–C–C–N with tert-alkyl or cyclic N) is 1. The number of rotatable bonds is 7. The molecule has 1 aliphatic heterocycles. The first-order valence-corrected chi connectivity index (χ1v) is 7.42. The minimum atomic E-state index is -0.383. The third-order valence-electron chi connectivity index (χ3n) is 4.46. The van der Waals surface area contributed by atoms with E-state index >= 15 is 0 Å². The van der Waals surface area contributed by atoms with Crippen LogP contribution in [0.5, 0.6) is 0 Å². The molecule has 3 N–H and O–H groups in total. The van der Waals surface area contributed by atoms with Gasteiger partial charge >= 0.3 is 0 Å². The Hall–Kier alpha value is -0.650. The van der Waals surface area contributed by atoms with Gasteiger partial charge in [-0.25, -0.2) is 0 Å².